The summed E-state index contributed by atoms with van der Waals surface area (Å²) in [6, 6.07) is 6.13. The average Bonchev–Trinajstić information content (AvgIpc) is 2.27. The maximum Gasteiger partial charge on any atom is 0.126 e. The van der Waals surface area contributed by atoms with E-state index in [1.807, 2.05) is 19.9 Å². The standard InChI is InChI=1S/C13H17FN2O/c1-9(2)13(3-4-17)16-12-6-10(8-15)5-11(14)7-12/h5-7,9,13,16-17H,3-4H2,1-2H3. The van der Waals surface area contributed by atoms with Crippen LogP contribution in [0.4, 0.5) is 10.1 Å². The fourth-order valence-electron chi connectivity index (χ4n) is 1.66. The van der Waals surface area contributed by atoms with E-state index in [0.29, 0.717) is 23.6 Å². The molecule has 0 aliphatic rings. The van der Waals surface area contributed by atoms with Crippen molar-refractivity contribution in [3.63, 3.8) is 0 Å². The maximum absolute atomic E-state index is 13.2. The molecule has 0 saturated heterocycles. The molecule has 2 N–H and O–H groups in total. The van der Waals surface area contributed by atoms with E-state index in [1.165, 1.54) is 12.1 Å². The van der Waals surface area contributed by atoms with Crippen LogP contribution in [0.15, 0.2) is 18.2 Å². The minimum atomic E-state index is -0.432. The quantitative estimate of drug-likeness (QED) is 0.826. The SMILES string of the molecule is CC(C)C(CCO)Nc1cc(F)cc(C#N)c1. The molecule has 17 heavy (non-hydrogen) atoms. The highest BCUT2D eigenvalue weighted by Gasteiger charge is 2.13. The van der Waals surface area contributed by atoms with Gasteiger partial charge in [-0.1, -0.05) is 13.8 Å². The molecule has 1 rings (SSSR count). The van der Waals surface area contributed by atoms with Gasteiger partial charge in [0.1, 0.15) is 5.82 Å². The normalized spacial score (nSPS) is 12.2. The van der Waals surface area contributed by atoms with Crippen LogP contribution in [-0.4, -0.2) is 17.8 Å². The van der Waals surface area contributed by atoms with Crippen molar-refractivity contribution < 1.29 is 9.50 Å². The zero-order chi connectivity index (χ0) is 12.8. The van der Waals surface area contributed by atoms with Crippen LogP contribution >= 0.6 is 0 Å². The maximum atomic E-state index is 13.2. The van der Waals surface area contributed by atoms with Gasteiger partial charge in [0.15, 0.2) is 0 Å². The molecule has 1 atom stereocenters. The lowest BCUT2D eigenvalue weighted by atomic mass is 10.0. The van der Waals surface area contributed by atoms with Crippen molar-refractivity contribution in [3.8, 4) is 6.07 Å². The Morgan fingerprint density at radius 2 is 2.12 bits per heavy atom. The molecule has 3 nitrogen and oxygen atoms in total. The monoisotopic (exact) mass is 236 g/mol. The number of aliphatic hydroxyl groups is 1. The Bertz CT molecular complexity index is 412. The second-order valence-corrected chi connectivity index (χ2v) is 4.35. The summed E-state index contributed by atoms with van der Waals surface area (Å²) in [7, 11) is 0. The summed E-state index contributed by atoms with van der Waals surface area (Å²) in [5, 5.41) is 20.8. The number of halogens is 1. The third kappa shape index (κ3) is 4.04. The fraction of sp³-hybridized carbons (Fsp3) is 0.462. The molecule has 0 amide bonds. The summed E-state index contributed by atoms with van der Waals surface area (Å²) >= 11 is 0. The highest BCUT2D eigenvalue weighted by Crippen LogP contribution is 2.18. The number of nitrogens with one attached hydrogen (secondary N) is 1. The molecule has 0 aliphatic heterocycles. The first-order valence-electron chi connectivity index (χ1n) is 5.65. The van der Waals surface area contributed by atoms with Gasteiger partial charge in [0.25, 0.3) is 0 Å². The fourth-order valence-corrected chi connectivity index (χ4v) is 1.66. The smallest absolute Gasteiger partial charge is 0.126 e. The molecule has 1 unspecified atom stereocenters. The first-order valence-corrected chi connectivity index (χ1v) is 5.65. The van der Waals surface area contributed by atoms with E-state index in [0.717, 1.165) is 0 Å². The lowest BCUT2D eigenvalue weighted by Crippen LogP contribution is -2.26. The number of hydrogen-bond acceptors (Lipinski definition) is 3. The number of rotatable bonds is 5. The first-order chi connectivity index (χ1) is 8.06. The topological polar surface area (TPSA) is 56.0 Å². The van der Waals surface area contributed by atoms with E-state index >= 15 is 0 Å². The lowest BCUT2D eigenvalue weighted by Gasteiger charge is -2.22. The molecule has 1 aromatic carbocycles. The van der Waals surface area contributed by atoms with Crippen molar-refractivity contribution in [2.45, 2.75) is 26.3 Å². The Labute approximate surface area is 101 Å². The van der Waals surface area contributed by atoms with Gasteiger partial charge in [-0.15, -0.1) is 0 Å². The van der Waals surface area contributed by atoms with Crippen LogP contribution < -0.4 is 5.32 Å². The minimum absolute atomic E-state index is 0.0633. The Kier molecular flexibility index (Phi) is 4.92. The molecule has 0 fully saturated rings. The largest absolute Gasteiger partial charge is 0.396 e. The number of benzene rings is 1. The zero-order valence-corrected chi connectivity index (χ0v) is 10.1. The molecule has 1 aromatic rings. The summed E-state index contributed by atoms with van der Waals surface area (Å²) in [6.45, 7) is 4.13. The summed E-state index contributed by atoms with van der Waals surface area (Å²) in [5.74, 6) is -0.117. The predicted molar refractivity (Wildman–Crippen MR) is 65.1 cm³/mol. The third-order valence-electron chi connectivity index (χ3n) is 2.62. The van der Waals surface area contributed by atoms with Crippen LogP contribution in [0.3, 0.4) is 0 Å². The van der Waals surface area contributed by atoms with Gasteiger partial charge in [-0.3, -0.25) is 0 Å². The number of nitrogens with zero attached hydrogens (tertiary/aromatic N) is 1. The molecule has 0 saturated carbocycles. The van der Waals surface area contributed by atoms with Gasteiger partial charge in [-0.05, 0) is 30.5 Å². The molecule has 0 bridgehead atoms. The van der Waals surface area contributed by atoms with Crippen LogP contribution in [0.2, 0.25) is 0 Å². The molecule has 92 valence electrons. The first kappa shape index (κ1) is 13.5. The summed E-state index contributed by atoms with van der Waals surface area (Å²) < 4.78 is 13.2. The summed E-state index contributed by atoms with van der Waals surface area (Å²) in [6.07, 6.45) is 0.593. The van der Waals surface area contributed by atoms with Crippen molar-refractivity contribution in [1.82, 2.24) is 0 Å². The van der Waals surface area contributed by atoms with Crippen molar-refractivity contribution in [1.29, 1.82) is 5.26 Å². The summed E-state index contributed by atoms with van der Waals surface area (Å²) in [5.41, 5.74) is 0.868. The Hall–Kier alpha value is -1.60. The molecular formula is C13H17FN2O. The lowest BCUT2D eigenvalue weighted by molar-refractivity contribution is 0.267. The van der Waals surface area contributed by atoms with Crippen molar-refractivity contribution in [3.05, 3.63) is 29.6 Å². The molecule has 0 spiro atoms. The molecule has 4 heteroatoms. The van der Waals surface area contributed by atoms with Gasteiger partial charge in [-0.2, -0.15) is 5.26 Å². The highest BCUT2D eigenvalue weighted by molar-refractivity contribution is 5.50. The molecule has 0 aromatic heterocycles. The second-order valence-electron chi connectivity index (χ2n) is 4.35. The van der Waals surface area contributed by atoms with E-state index in [1.54, 1.807) is 6.07 Å². The van der Waals surface area contributed by atoms with E-state index in [9.17, 15) is 4.39 Å². The minimum Gasteiger partial charge on any atom is -0.396 e. The summed E-state index contributed by atoms with van der Waals surface area (Å²) in [4.78, 5) is 0. The van der Waals surface area contributed by atoms with E-state index in [2.05, 4.69) is 5.32 Å². The Morgan fingerprint density at radius 3 is 2.65 bits per heavy atom. The van der Waals surface area contributed by atoms with Crippen LogP contribution in [-0.2, 0) is 0 Å². The molecule has 0 heterocycles. The Morgan fingerprint density at radius 1 is 1.41 bits per heavy atom. The van der Waals surface area contributed by atoms with Gasteiger partial charge >= 0.3 is 0 Å². The van der Waals surface area contributed by atoms with Crippen LogP contribution in [0, 0.1) is 23.1 Å². The third-order valence-corrected chi connectivity index (χ3v) is 2.62. The number of anilines is 1. The van der Waals surface area contributed by atoms with Crippen LogP contribution in [0.25, 0.3) is 0 Å². The number of aliphatic hydroxyl groups excluding tert-OH is 1. The van der Waals surface area contributed by atoms with Gasteiger partial charge in [0.05, 0.1) is 11.6 Å². The predicted octanol–water partition coefficient (Wildman–Crippen LogP) is 2.52. The van der Waals surface area contributed by atoms with Crippen molar-refractivity contribution in [2.75, 3.05) is 11.9 Å². The molecule has 0 aliphatic carbocycles. The van der Waals surface area contributed by atoms with Gasteiger partial charge in [0, 0.05) is 18.3 Å². The molecule has 0 radical (unpaired) electrons. The average molecular weight is 236 g/mol. The number of hydrogen-bond donors (Lipinski definition) is 2. The van der Waals surface area contributed by atoms with Gasteiger partial charge in [-0.25, -0.2) is 4.39 Å². The van der Waals surface area contributed by atoms with Crippen molar-refractivity contribution in [2.24, 2.45) is 5.92 Å². The van der Waals surface area contributed by atoms with E-state index in [-0.39, 0.29) is 12.6 Å². The van der Waals surface area contributed by atoms with Crippen LogP contribution in [0.1, 0.15) is 25.8 Å². The van der Waals surface area contributed by atoms with Crippen molar-refractivity contribution >= 4 is 5.69 Å². The molecular weight excluding hydrogens is 219 g/mol. The Balaban J connectivity index is 2.85. The van der Waals surface area contributed by atoms with E-state index in [4.69, 9.17) is 10.4 Å². The highest BCUT2D eigenvalue weighted by atomic mass is 19.1. The zero-order valence-electron chi connectivity index (χ0n) is 10.1. The second kappa shape index (κ2) is 6.21. The van der Waals surface area contributed by atoms with E-state index < -0.39 is 5.82 Å². The van der Waals surface area contributed by atoms with Gasteiger partial charge in [0.2, 0.25) is 0 Å². The van der Waals surface area contributed by atoms with Gasteiger partial charge < -0.3 is 10.4 Å². The van der Waals surface area contributed by atoms with Crippen LogP contribution in [0.5, 0.6) is 0 Å². The number of nitriles is 1.